The van der Waals surface area contributed by atoms with E-state index in [1.54, 1.807) is 12.2 Å². The fourth-order valence-electron chi connectivity index (χ4n) is 1.87. The molecule has 0 aromatic heterocycles. The van der Waals surface area contributed by atoms with Crippen molar-refractivity contribution >= 4 is 10.0 Å². The van der Waals surface area contributed by atoms with Crippen molar-refractivity contribution in [2.75, 3.05) is 26.2 Å². The van der Waals surface area contributed by atoms with E-state index in [1.165, 1.54) is 4.31 Å². The van der Waals surface area contributed by atoms with E-state index in [0.29, 0.717) is 25.9 Å². The van der Waals surface area contributed by atoms with Gasteiger partial charge in [0.15, 0.2) is 0 Å². The maximum absolute atomic E-state index is 12.3. The Hall–Kier alpha value is -0.650. The average Bonchev–Trinajstić information content (AvgIpc) is 2.30. The second-order valence-electron chi connectivity index (χ2n) is 3.89. The summed E-state index contributed by atoms with van der Waals surface area (Å²) in [5, 5.41) is 2.91. The van der Waals surface area contributed by atoms with Crippen LogP contribution in [-0.2, 0) is 10.0 Å². The molecule has 1 fully saturated rings. The van der Waals surface area contributed by atoms with E-state index >= 15 is 0 Å². The minimum absolute atomic E-state index is 0.256. The van der Waals surface area contributed by atoms with E-state index in [2.05, 4.69) is 18.5 Å². The summed E-state index contributed by atoms with van der Waals surface area (Å²) < 4.78 is 26.0. The molecule has 1 saturated heterocycles. The van der Waals surface area contributed by atoms with Crippen molar-refractivity contribution < 1.29 is 8.42 Å². The van der Waals surface area contributed by atoms with Gasteiger partial charge in [0.25, 0.3) is 0 Å². The number of rotatable bonds is 6. The van der Waals surface area contributed by atoms with Crippen molar-refractivity contribution in [3.8, 4) is 0 Å². The summed E-state index contributed by atoms with van der Waals surface area (Å²) in [4.78, 5) is 0. The number of piperidine rings is 1. The molecule has 92 valence electrons. The van der Waals surface area contributed by atoms with E-state index in [1.807, 2.05) is 0 Å². The Balaban J connectivity index is 2.78. The highest BCUT2D eigenvalue weighted by Gasteiger charge is 2.31. The van der Waals surface area contributed by atoms with Crippen LogP contribution in [-0.4, -0.2) is 44.2 Å². The SMILES string of the molecule is C=CCN(CC=C)S(=O)(=O)C1CCNCC1. The third kappa shape index (κ3) is 3.17. The van der Waals surface area contributed by atoms with Crippen LogP contribution in [0, 0.1) is 0 Å². The lowest BCUT2D eigenvalue weighted by Gasteiger charge is -2.28. The molecule has 0 radical (unpaired) electrons. The molecule has 0 aromatic carbocycles. The molecule has 16 heavy (non-hydrogen) atoms. The maximum Gasteiger partial charge on any atom is 0.217 e. The lowest BCUT2D eigenvalue weighted by atomic mass is 10.2. The third-order valence-electron chi connectivity index (χ3n) is 2.73. The smallest absolute Gasteiger partial charge is 0.217 e. The van der Waals surface area contributed by atoms with E-state index in [4.69, 9.17) is 0 Å². The van der Waals surface area contributed by atoms with Gasteiger partial charge in [0.1, 0.15) is 0 Å². The summed E-state index contributed by atoms with van der Waals surface area (Å²) >= 11 is 0. The van der Waals surface area contributed by atoms with E-state index in [-0.39, 0.29) is 5.25 Å². The van der Waals surface area contributed by atoms with Crippen molar-refractivity contribution in [1.82, 2.24) is 9.62 Å². The Morgan fingerprint density at radius 3 is 2.12 bits per heavy atom. The van der Waals surface area contributed by atoms with Gasteiger partial charge < -0.3 is 5.32 Å². The van der Waals surface area contributed by atoms with E-state index in [0.717, 1.165) is 13.1 Å². The van der Waals surface area contributed by atoms with Crippen LogP contribution in [0.25, 0.3) is 0 Å². The van der Waals surface area contributed by atoms with Gasteiger partial charge in [-0.15, -0.1) is 13.2 Å². The zero-order chi connectivity index (χ0) is 12.0. The zero-order valence-electron chi connectivity index (χ0n) is 9.56. The molecule has 1 aliphatic rings. The first-order valence-corrected chi connectivity index (χ1v) is 7.04. The Labute approximate surface area is 98.1 Å². The van der Waals surface area contributed by atoms with Crippen molar-refractivity contribution in [3.63, 3.8) is 0 Å². The highest BCUT2D eigenvalue weighted by Crippen LogP contribution is 2.17. The topological polar surface area (TPSA) is 49.4 Å². The minimum Gasteiger partial charge on any atom is -0.317 e. The number of hydrogen-bond donors (Lipinski definition) is 1. The summed E-state index contributed by atoms with van der Waals surface area (Å²) in [5.74, 6) is 0. The zero-order valence-corrected chi connectivity index (χ0v) is 10.4. The quantitative estimate of drug-likeness (QED) is 0.701. The molecule has 1 aliphatic heterocycles. The predicted molar refractivity (Wildman–Crippen MR) is 66.8 cm³/mol. The largest absolute Gasteiger partial charge is 0.317 e. The molecule has 0 aliphatic carbocycles. The van der Waals surface area contributed by atoms with Crippen molar-refractivity contribution in [2.24, 2.45) is 0 Å². The molecule has 0 unspecified atom stereocenters. The maximum atomic E-state index is 12.3. The fourth-order valence-corrected chi connectivity index (χ4v) is 3.75. The molecule has 4 nitrogen and oxygen atoms in total. The normalized spacial score (nSPS) is 18.6. The van der Waals surface area contributed by atoms with Gasteiger partial charge in [-0.3, -0.25) is 0 Å². The molecule has 0 aromatic rings. The number of hydrogen-bond acceptors (Lipinski definition) is 3. The van der Waals surface area contributed by atoms with Crippen molar-refractivity contribution in [2.45, 2.75) is 18.1 Å². The van der Waals surface area contributed by atoms with Gasteiger partial charge >= 0.3 is 0 Å². The third-order valence-corrected chi connectivity index (χ3v) is 5.06. The standard InChI is InChI=1S/C11H20N2O2S/c1-3-9-13(10-4-2)16(14,15)11-5-7-12-8-6-11/h3-4,11-12H,1-2,5-10H2. The number of sulfonamides is 1. The van der Waals surface area contributed by atoms with E-state index < -0.39 is 10.0 Å². The molecule has 1 rings (SSSR count). The van der Waals surface area contributed by atoms with E-state index in [9.17, 15) is 8.42 Å². The van der Waals surface area contributed by atoms with Crippen LogP contribution >= 0.6 is 0 Å². The highest BCUT2D eigenvalue weighted by molar-refractivity contribution is 7.89. The lowest BCUT2D eigenvalue weighted by molar-refractivity contribution is 0.433. The molecule has 0 amide bonds. The molecule has 5 heteroatoms. The van der Waals surface area contributed by atoms with Gasteiger partial charge in [0.2, 0.25) is 10.0 Å². The van der Waals surface area contributed by atoms with Crippen molar-refractivity contribution in [3.05, 3.63) is 25.3 Å². The first kappa shape index (κ1) is 13.4. The minimum atomic E-state index is -3.20. The van der Waals surface area contributed by atoms with Crippen LogP contribution in [0.1, 0.15) is 12.8 Å². The Morgan fingerprint density at radius 1 is 1.19 bits per heavy atom. The summed E-state index contributed by atoms with van der Waals surface area (Å²) in [6.45, 7) is 9.45. The monoisotopic (exact) mass is 244 g/mol. The lowest BCUT2D eigenvalue weighted by Crippen LogP contribution is -2.44. The number of nitrogens with zero attached hydrogens (tertiary/aromatic N) is 1. The molecular weight excluding hydrogens is 224 g/mol. The summed E-state index contributed by atoms with van der Waals surface area (Å²) in [6.07, 6.45) is 4.60. The Bertz CT molecular complexity index is 322. The predicted octanol–water partition coefficient (Wildman–Crippen LogP) is 0.742. The molecule has 0 saturated carbocycles. The summed E-state index contributed by atoms with van der Waals surface area (Å²) in [7, 11) is -3.20. The molecule has 1 N–H and O–H groups in total. The van der Waals surface area contributed by atoms with Crippen LogP contribution in [0.15, 0.2) is 25.3 Å². The molecular formula is C11H20N2O2S. The average molecular weight is 244 g/mol. The van der Waals surface area contributed by atoms with Crippen LogP contribution in [0.3, 0.4) is 0 Å². The Morgan fingerprint density at radius 2 is 1.69 bits per heavy atom. The molecule has 0 atom stereocenters. The summed E-state index contributed by atoms with van der Waals surface area (Å²) in [6, 6.07) is 0. The van der Waals surface area contributed by atoms with Crippen molar-refractivity contribution in [1.29, 1.82) is 0 Å². The first-order valence-electron chi connectivity index (χ1n) is 5.54. The molecule has 1 heterocycles. The first-order chi connectivity index (χ1) is 7.62. The van der Waals surface area contributed by atoms with Gasteiger partial charge in [-0.25, -0.2) is 8.42 Å². The van der Waals surface area contributed by atoms with Crippen LogP contribution in [0.2, 0.25) is 0 Å². The van der Waals surface area contributed by atoms with Gasteiger partial charge in [0.05, 0.1) is 5.25 Å². The number of nitrogens with one attached hydrogen (secondary N) is 1. The van der Waals surface area contributed by atoms with Crippen LogP contribution < -0.4 is 5.32 Å². The molecule has 0 bridgehead atoms. The van der Waals surface area contributed by atoms with Crippen LogP contribution in [0.4, 0.5) is 0 Å². The Kier molecular flexibility index (Phi) is 5.18. The molecule has 0 spiro atoms. The van der Waals surface area contributed by atoms with Gasteiger partial charge in [0, 0.05) is 13.1 Å². The van der Waals surface area contributed by atoms with Crippen LogP contribution in [0.5, 0.6) is 0 Å². The fraction of sp³-hybridized carbons (Fsp3) is 0.636. The highest BCUT2D eigenvalue weighted by atomic mass is 32.2. The van der Waals surface area contributed by atoms with Gasteiger partial charge in [-0.2, -0.15) is 4.31 Å². The second kappa shape index (κ2) is 6.18. The second-order valence-corrected chi connectivity index (χ2v) is 6.10. The van der Waals surface area contributed by atoms with Gasteiger partial charge in [-0.1, -0.05) is 12.2 Å². The summed E-state index contributed by atoms with van der Waals surface area (Å²) in [5.41, 5.74) is 0. The van der Waals surface area contributed by atoms with Gasteiger partial charge in [-0.05, 0) is 25.9 Å².